The lowest BCUT2D eigenvalue weighted by atomic mass is 10.2. The fraction of sp³-hybridized carbons (Fsp3) is 0.235. The molecule has 0 N–H and O–H groups in total. The smallest absolute Gasteiger partial charge is 0.258 e. The van der Waals surface area contributed by atoms with Gasteiger partial charge in [-0.15, -0.1) is 0 Å². The zero-order chi connectivity index (χ0) is 18.0. The third-order valence-electron chi connectivity index (χ3n) is 4.00. The molecule has 1 saturated carbocycles. The monoisotopic (exact) mass is 357 g/mol. The number of sulfonamides is 1. The van der Waals surface area contributed by atoms with Crippen LogP contribution in [0.1, 0.15) is 24.0 Å². The van der Waals surface area contributed by atoms with Gasteiger partial charge in [0.05, 0.1) is 21.5 Å². The molecule has 128 valence electrons. The van der Waals surface area contributed by atoms with Gasteiger partial charge in [0.1, 0.15) is 0 Å². The maximum atomic E-state index is 12.9. The number of hydrogen-bond donors (Lipinski definition) is 0. The SMILES string of the molecule is N#Cc1ccc(S(=O)(=O)N(Cc2cccc([N+](=O)[O-])c2)C2CC2)cc1. The summed E-state index contributed by atoms with van der Waals surface area (Å²) in [5.74, 6) is 0. The summed E-state index contributed by atoms with van der Waals surface area (Å²) >= 11 is 0. The predicted molar refractivity (Wildman–Crippen MR) is 90.0 cm³/mol. The average molecular weight is 357 g/mol. The van der Waals surface area contributed by atoms with Crippen LogP contribution in [0, 0.1) is 21.4 Å². The lowest BCUT2D eigenvalue weighted by Crippen LogP contribution is -2.32. The molecule has 0 bridgehead atoms. The van der Waals surface area contributed by atoms with Crippen molar-refractivity contribution in [1.29, 1.82) is 5.26 Å². The average Bonchev–Trinajstić information content (AvgIpc) is 3.44. The molecule has 1 aliphatic rings. The Morgan fingerprint density at radius 1 is 1.20 bits per heavy atom. The van der Waals surface area contributed by atoms with Crippen LogP contribution in [0.3, 0.4) is 0 Å². The highest BCUT2D eigenvalue weighted by molar-refractivity contribution is 7.89. The van der Waals surface area contributed by atoms with E-state index in [1.54, 1.807) is 12.1 Å². The molecule has 2 aromatic carbocycles. The molecular formula is C17H15N3O4S. The number of nitro benzene ring substituents is 1. The van der Waals surface area contributed by atoms with Gasteiger partial charge in [0.15, 0.2) is 0 Å². The standard InChI is InChI=1S/C17H15N3O4S/c18-11-13-4-8-17(9-5-13)25(23,24)19(15-6-7-15)12-14-2-1-3-16(10-14)20(21)22/h1-5,8-10,15H,6-7,12H2. The molecule has 1 aliphatic carbocycles. The molecule has 3 rings (SSSR count). The number of rotatable bonds is 6. The van der Waals surface area contributed by atoms with Gasteiger partial charge in [-0.05, 0) is 42.7 Å². The van der Waals surface area contributed by atoms with Crippen LogP contribution >= 0.6 is 0 Å². The minimum atomic E-state index is -3.74. The fourth-order valence-corrected chi connectivity index (χ4v) is 4.23. The largest absolute Gasteiger partial charge is 0.269 e. The predicted octanol–water partition coefficient (Wildman–Crippen LogP) is 2.82. The lowest BCUT2D eigenvalue weighted by Gasteiger charge is -2.22. The maximum Gasteiger partial charge on any atom is 0.269 e. The lowest BCUT2D eigenvalue weighted by molar-refractivity contribution is -0.384. The Kier molecular flexibility index (Phi) is 4.53. The molecule has 0 spiro atoms. The van der Waals surface area contributed by atoms with E-state index in [-0.39, 0.29) is 23.2 Å². The van der Waals surface area contributed by atoms with Crippen molar-refractivity contribution in [3.63, 3.8) is 0 Å². The highest BCUT2D eigenvalue weighted by Gasteiger charge is 2.38. The van der Waals surface area contributed by atoms with Crippen LogP contribution in [0.2, 0.25) is 0 Å². The number of nitrogens with zero attached hydrogens (tertiary/aromatic N) is 3. The van der Waals surface area contributed by atoms with E-state index in [4.69, 9.17) is 5.26 Å². The van der Waals surface area contributed by atoms with Crippen LogP contribution in [0.15, 0.2) is 53.4 Å². The van der Waals surface area contributed by atoms with Crippen molar-refractivity contribution in [2.24, 2.45) is 0 Å². The zero-order valence-corrected chi connectivity index (χ0v) is 14.0. The van der Waals surface area contributed by atoms with Gasteiger partial charge in [-0.3, -0.25) is 10.1 Å². The third-order valence-corrected chi connectivity index (χ3v) is 5.92. The second-order valence-electron chi connectivity index (χ2n) is 5.84. The van der Waals surface area contributed by atoms with Crippen molar-refractivity contribution in [3.8, 4) is 6.07 Å². The minimum Gasteiger partial charge on any atom is -0.258 e. The third kappa shape index (κ3) is 3.68. The van der Waals surface area contributed by atoms with Crippen molar-refractivity contribution < 1.29 is 13.3 Å². The molecule has 0 aliphatic heterocycles. The fourth-order valence-electron chi connectivity index (χ4n) is 2.56. The van der Waals surface area contributed by atoms with Crippen molar-refractivity contribution >= 4 is 15.7 Å². The van der Waals surface area contributed by atoms with Crippen LogP contribution < -0.4 is 0 Å². The molecule has 2 aromatic rings. The van der Waals surface area contributed by atoms with E-state index in [0.29, 0.717) is 11.1 Å². The van der Waals surface area contributed by atoms with Crippen molar-refractivity contribution in [2.45, 2.75) is 30.3 Å². The van der Waals surface area contributed by atoms with E-state index < -0.39 is 14.9 Å². The second-order valence-corrected chi connectivity index (χ2v) is 7.74. The molecule has 0 amide bonds. The molecule has 0 saturated heterocycles. The van der Waals surface area contributed by atoms with E-state index >= 15 is 0 Å². The summed E-state index contributed by atoms with van der Waals surface area (Å²) in [5.41, 5.74) is 0.887. The Morgan fingerprint density at radius 2 is 1.88 bits per heavy atom. The number of nitriles is 1. The Morgan fingerprint density at radius 3 is 2.44 bits per heavy atom. The molecule has 1 fully saturated rings. The van der Waals surface area contributed by atoms with Crippen molar-refractivity contribution in [3.05, 3.63) is 69.8 Å². The second kappa shape index (κ2) is 6.63. The molecule has 0 unspecified atom stereocenters. The molecule has 0 heterocycles. The molecule has 0 atom stereocenters. The van der Waals surface area contributed by atoms with Crippen LogP contribution in [0.5, 0.6) is 0 Å². The molecule has 0 aromatic heterocycles. The van der Waals surface area contributed by atoms with Crippen LogP contribution in [0.4, 0.5) is 5.69 Å². The molecular weight excluding hydrogens is 342 g/mol. The van der Waals surface area contributed by atoms with Gasteiger partial charge in [-0.2, -0.15) is 9.57 Å². The molecule has 25 heavy (non-hydrogen) atoms. The van der Waals surface area contributed by atoms with Crippen molar-refractivity contribution in [2.75, 3.05) is 0 Å². The van der Waals surface area contributed by atoms with Gasteiger partial charge in [0.2, 0.25) is 10.0 Å². The van der Waals surface area contributed by atoms with E-state index in [2.05, 4.69) is 0 Å². The van der Waals surface area contributed by atoms with E-state index in [9.17, 15) is 18.5 Å². The molecule has 8 heteroatoms. The van der Waals surface area contributed by atoms with E-state index in [1.807, 2.05) is 6.07 Å². The van der Waals surface area contributed by atoms with Gasteiger partial charge in [-0.1, -0.05) is 12.1 Å². The van der Waals surface area contributed by atoms with Gasteiger partial charge >= 0.3 is 0 Å². The minimum absolute atomic E-state index is 0.0657. The zero-order valence-electron chi connectivity index (χ0n) is 13.2. The first-order valence-corrected chi connectivity index (χ1v) is 9.11. The summed E-state index contributed by atoms with van der Waals surface area (Å²) in [6, 6.07) is 13.6. The van der Waals surface area contributed by atoms with Gasteiger partial charge in [-0.25, -0.2) is 8.42 Å². The number of non-ortho nitro benzene ring substituents is 1. The summed E-state index contributed by atoms with van der Waals surface area (Å²) in [4.78, 5) is 10.5. The first-order valence-electron chi connectivity index (χ1n) is 7.67. The van der Waals surface area contributed by atoms with Gasteiger partial charge < -0.3 is 0 Å². The first-order chi connectivity index (χ1) is 11.9. The molecule has 7 nitrogen and oxygen atoms in total. The normalized spacial score (nSPS) is 14.2. The number of hydrogen-bond acceptors (Lipinski definition) is 5. The summed E-state index contributed by atoms with van der Waals surface area (Å²) in [5, 5.41) is 19.8. The highest BCUT2D eigenvalue weighted by Crippen LogP contribution is 2.34. The van der Waals surface area contributed by atoms with E-state index in [1.165, 1.54) is 40.7 Å². The first kappa shape index (κ1) is 17.1. The van der Waals surface area contributed by atoms with E-state index in [0.717, 1.165) is 12.8 Å². The van der Waals surface area contributed by atoms with Gasteiger partial charge in [0, 0.05) is 24.7 Å². The van der Waals surface area contributed by atoms with Crippen LogP contribution in [0.25, 0.3) is 0 Å². The molecule has 0 radical (unpaired) electrons. The van der Waals surface area contributed by atoms with Crippen molar-refractivity contribution in [1.82, 2.24) is 4.31 Å². The Hall–Kier alpha value is -2.76. The summed E-state index contributed by atoms with van der Waals surface area (Å²) in [6.07, 6.45) is 1.54. The number of nitro groups is 1. The maximum absolute atomic E-state index is 12.9. The summed E-state index contributed by atoms with van der Waals surface area (Å²) in [6.45, 7) is 0.0781. The Bertz CT molecular complexity index is 945. The summed E-state index contributed by atoms with van der Waals surface area (Å²) < 4.78 is 27.3. The van der Waals surface area contributed by atoms with Crippen LogP contribution in [-0.4, -0.2) is 23.7 Å². The Balaban J connectivity index is 1.91. The van der Waals surface area contributed by atoms with Gasteiger partial charge in [0.25, 0.3) is 5.69 Å². The van der Waals surface area contributed by atoms with Crippen LogP contribution in [-0.2, 0) is 16.6 Å². The summed E-state index contributed by atoms with van der Waals surface area (Å²) in [7, 11) is -3.74. The number of benzene rings is 2. The quantitative estimate of drug-likeness (QED) is 0.584. The highest BCUT2D eigenvalue weighted by atomic mass is 32.2. The Labute approximate surface area is 145 Å². The topological polar surface area (TPSA) is 104 Å².